The maximum Gasteiger partial charge on any atom is 0.236 e. The van der Waals surface area contributed by atoms with E-state index in [1.807, 2.05) is 4.90 Å². The first-order valence-corrected chi connectivity index (χ1v) is 6.80. The minimum atomic E-state index is 0.241. The molecule has 18 heavy (non-hydrogen) atoms. The number of amides is 1. The van der Waals surface area contributed by atoms with Gasteiger partial charge >= 0.3 is 0 Å². The zero-order valence-corrected chi connectivity index (χ0v) is 11.0. The van der Waals surface area contributed by atoms with Gasteiger partial charge in [0.2, 0.25) is 5.91 Å². The normalized spacial score (nSPS) is 23.3. The fourth-order valence-corrected chi connectivity index (χ4v) is 2.46. The Kier molecular flexibility index (Phi) is 5.37. The molecule has 0 bridgehead atoms. The molecular weight excluding hydrogens is 232 g/mol. The molecule has 2 rings (SSSR count). The number of ether oxygens (including phenoxy) is 1. The lowest BCUT2D eigenvalue weighted by molar-refractivity contribution is -0.136. The molecule has 0 unspecified atom stereocenters. The second kappa shape index (κ2) is 7.04. The molecule has 2 saturated heterocycles. The molecule has 104 valence electrons. The molecule has 0 spiro atoms. The predicted octanol–water partition coefficient (Wildman–Crippen LogP) is -1.58. The Morgan fingerprint density at radius 2 is 1.61 bits per heavy atom. The van der Waals surface area contributed by atoms with E-state index in [-0.39, 0.29) is 5.91 Å². The Labute approximate surface area is 109 Å². The molecule has 6 heteroatoms. The van der Waals surface area contributed by atoms with Crippen LogP contribution in [-0.4, -0.2) is 92.7 Å². The minimum absolute atomic E-state index is 0.241. The smallest absolute Gasteiger partial charge is 0.236 e. The quantitative estimate of drug-likeness (QED) is 0.658. The van der Waals surface area contributed by atoms with E-state index in [9.17, 15) is 4.79 Å². The Morgan fingerprint density at radius 3 is 2.22 bits per heavy atom. The van der Waals surface area contributed by atoms with E-state index in [2.05, 4.69) is 9.80 Å². The van der Waals surface area contributed by atoms with Gasteiger partial charge in [0.25, 0.3) is 0 Å². The number of carbonyl (C=O) groups is 1. The van der Waals surface area contributed by atoms with Gasteiger partial charge in [-0.3, -0.25) is 14.6 Å². The van der Waals surface area contributed by atoms with E-state index in [0.717, 1.165) is 45.8 Å². The van der Waals surface area contributed by atoms with E-state index < -0.39 is 0 Å². The first-order valence-electron chi connectivity index (χ1n) is 6.80. The molecule has 2 aliphatic rings. The van der Waals surface area contributed by atoms with Crippen LogP contribution in [0.2, 0.25) is 0 Å². The number of hydrogen-bond acceptors (Lipinski definition) is 5. The molecule has 1 amide bonds. The summed E-state index contributed by atoms with van der Waals surface area (Å²) in [7, 11) is 0. The van der Waals surface area contributed by atoms with Gasteiger partial charge in [0.15, 0.2) is 0 Å². The molecule has 6 nitrogen and oxygen atoms in total. The van der Waals surface area contributed by atoms with Crippen molar-refractivity contribution in [2.24, 2.45) is 5.73 Å². The zero-order valence-electron chi connectivity index (χ0n) is 11.0. The monoisotopic (exact) mass is 256 g/mol. The van der Waals surface area contributed by atoms with Crippen LogP contribution in [0.1, 0.15) is 0 Å². The second-order valence-corrected chi connectivity index (χ2v) is 4.90. The lowest BCUT2D eigenvalue weighted by Crippen LogP contribution is -2.52. The Morgan fingerprint density at radius 1 is 1.00 bits per heavy atom. The van der Waals surface area contributed by atoms with Gasteiger partial charge in [-0.2, -0.15) is 0 Å². The number of hydrogen-bond donors (Lipinski definition) is 1. The van der Waals surface area contributed by atoms with Crippen LogP contribution in [0.15, 0.2) is 0 Å². The highest BCUT2D eigenvalue weighted by atomic mass is 16.5. The Bertz CT molecular complexity index is 261. The molecule has 0 aromatic carbocycles. The number of morpholine rings is 1. The van der Waals surface area contributed by atoms with Gasteiger partial charge in [-0.25, -0.2) is 0 Å². The summed E-state index contributed by atoms with van der Waals surface area (Å²) in [6.45, 7) is 9.05. The van der Waals surface area contributed by atoms with E-state index in [1.54, 1.807) is 0 Å². The molecule has 2 N–H and O–H groups in total. The van der Waals surface area contributed by atoms with Crippen LogP contribution in [0.25, 0.3) is 0 Å². The number of piperazine rings is 1. The third-order valence-electron chi connectivity index (χ3n) is 3.63. The summed E-state index contributed by atoms with van der Waals surface area (Å²) in [5.74, 6) is 0.241. The van der Waals surface area contributed by atoms with Crippen molar-refractivity contribution < 1.29 is 9.53 Å². The van der Waals surface area contributed by atoms with Crippen LogP contribution in [0, 0.1) is 0 Å². The lowest BCUT2D eigenvalue weighted by Gasteiger charge is -2.35. The minimum Gasteiger partial charge on any atom is -0.378 e. The fraction of sp³-hybridized carbons (Fsp3) is 0.917. The summed E-state index contributed by atoms with van der Waals surface area (Å²) >= 11 is 0. The van der Waals surface area contributed by atoms with Crippen molar-refractivity contribution in [2.75, 3.05) is 72.1 Å². The van der Waals surface area contributed by atoms with Gasteiger partial charge in [-0.15, -0.1) is 0 Å². The van der Waals surface area contributed by atoms with Crippen molar-refractivity contribution >= 4 is 5.91 Å². The highest BCUT2D eigenvalue weighted by Gasteiger charge is 2.22. The van der Waals surface area contributed by atoms with E-state index in [1.165, 1.54) is 0 Å². The molecule has 0 atom stereocenters. The van der Waals surface area contributed by atoms with Gasteiger partial charge in [0.1, 0.15) is 0 Å². The highest BCUT2D eigenvalue weighted by Crippen LogP contribution is 2.03. The van der Waals surface area contributed by atoms with Crippen molar-refractivity contribution in [2.45, 2.75) is 0 Å². The molecular formula is C12H24N4O2. The topological polar surface area (TPSA) is 62.0 Å². The molecule has 0 aromatic rings. The van der Waals surface area contributed by atoms with Gasteiger partial charge in [0, 0.05) is 52.4 Å². The zero-order chi connectivity index (χ0) is 12.8. The standard InChI is InChI=1S/C12H24N4O2/c13-1-2-14-3-5-15(6-4-14)11-12(17)16-7-9-18-10-8-16/h1-11,13H2. The summed E-state index contributed by atoms with van der Waals surface area (Å²) < 4.78 is 5.25. The van der Waals surface area contributed by atoms with Crippen molar-refractivity contribution in [3.63, 3.8) is 0 Å². The van der Waals surface area contributed by atoms with Crippen LogP contribution < -0.4 is 5.73 Å². The average molecular weight is 256 g/mol. The van der Waals surface area contributed by atoms with Crippen molar-refractivity contribution in [3.05, 3.63) is 0 Å². The fourth-order valence-electron chi connectivity index (χ4n) is 2.46. The van der Waals surface area contributed by atoms with Crippen LogP contribution in [0.5, 0.6) is 0 Å². The number of nitrogens with two attached hydrogens (primary N) is 1. The molecule has 2 heterocycles. The van der Waals surface area contributed by atoms with Crippen LogP contribution in [0.4, 0.5) is 0 Å². The highest BCUT2D eigenvalue weighted by molar-refractivity contribution is 5.78. The van der Waals surface area contributed by atoms with Gasteiger partial charge < -0.3 is 15.4 Å². The van der Waals surface area contributed by atoms with Crippen LogP contribution in [0.3, 0.4) is 0 Å². The lowest BCUT2D eigenvalue weighted by atomic mass is 10.3. The maximum atomic E-state index is 12.1. The molecule has 0 aromatic heterocycles. The summed E-state index contributed by atoms with van der Waals surface area (Å²) in [4.78, 5) is 18.6. The first-order chi connectivity index (χ1) is 8.79. The number of nitrogens with zero attached hydrogens (tertiary/aromatic N) is 3. The van der Waals surface area contributed by atoms with E-state index >= 15 is 0 Å². The maximum absolute atomic E-state index is 12.1. The van der Waals surface area contributed by atoms with Gasteiger partial charge in [-0.05, 0) is 0 Å². The summed E-state index contributed by atoms with van der Waals surface area (Å²) in [5.41, 5.74) is 5.54. The number of carbonyl (C=O) groups excluding carboxylic acids is 1. The average Bonchev–Trinajstić information content (AvgIpc) is 2.42. The van der Waals surface area contributed by atoms with Crippen LogP contribution >= 0.6 is 0 Å². The predicted molar refractivity (Wildman–Crippen MR) is 69.3 cm³/mol. The molecule has 0 radical (unpaired) electrons. The number of rotatable bonds is 4. The van der Waals surface area contributed by atoms with Gasteiger partial charge in [0.05, 0.1) is 19.8 Å². The second-order valence-electron chi connectivity index (χ2n) is 4.90. The Balaban J connectivity index is 1.68. The van der Waals surface area contributed by atoms with Crippen molar-refractivity contribution in [1.29, 1.82) is 0 Å². The third kappa shape index (κ3) is 3.91. The summed E-state index contributed by atoms with van der Waals surface area (Å²) in [6.07, 6.45) is 0. The van der Waals surface area contributed by atoms with E-state index in [0.29, 0.717) is 26.3 Å². The van der Waals surface area contributed by atoms with E-state index in [4.69, 9.17) is 10.5 Å². The molecule has 0 aliphatic carbocycles. The van der Waals surface area contributed by atoms with Crippen LogP contribution in [-0.2, 0) is 9.53 Å². The van der Waals surface area contributed by atoms with Crippen molar-refractivity contribution in [3.8, 4) is 0 Å². The largest absolute Gasteiger partial charge is 0.378 e. The van der Waals surface area contributed by atoms with Gasteiger partial charge in [-0.1, -0.05) is 0 Å². The first kappa shape index (κ1) is 13.7. The summed E-state index contributed by atoms with van der Waals surface area (Å²) in [6, 6.07) is 0. The molecule has 2 fully saturated rings. The Hall–Kier alpha value is -0.690. The summed E-state index contributed by atoms with van der Waals surface area (Å²) in [5, 5.41) is 0. The third-order valence-corrected chi connectivity index (χ3v) is 3.63. The SMILES string of the molecule is NCCN1CCN(CC(=O)N2CCOCC2)CC1. The molecule has 0 saturated carbocycles. The molecule has 2 aliphatic heterocycles. The van der Waals surface area contributed by atoms with Crippen molar-refractivity contribution in [1.82, 2.24) is 14.7 Å².